The predicted octanol–water partition coefficient (Wildman–Crippen LogP) is 3.85. The van der Waals surface area contributed by atoms with Crippen LogP contribution in [0.3, 0.4) is 0 Å². The van der Waals surface area contributed by atoms with E-state index < -0.39 is 5.76 Å². The Morgan fingerprint density at radius 2 is 2.24 bits per heavy atom. The molecule has 1 aliphatic heterocycles. The highest BCUT2D eigenvalue weighted by atomic mass is 35.5. The van der Waals surface area contributed by atoms with Crippen molar-refractivity contribution in [1.29, 1.82) is 0 Å². The Morgan fingerprint density at radius 3 is 3.08 bits per heavy atom. The first-order chi connectivity index (χ1) is 12.0. The molecule has 2 aromatic heterocycles. The lowest BCUT2D eigenvalue weighted by atomic mass is 10.0. The van der Waals surface area contributed by atoms with Gasteiger partial charge in [-0.2, -0.15) is 0 Å². The van der Waals surface area contributed by atoms with E-state index in [0.29, 0.717) is 22.7 Å². The molecule has 1 aromatic carbocycles. The molecule has 130 valence electrons. The number of rotatable bonds is 3. The van der Waals surface area contributed by atoms with Crippen LogP contribution in [0, 0.1) is 0 Å². The number of aromatic nitrogens is 1. The molecule has 5 nitrogen and oxygen atoms in total. The zero-order valence-corrected chi connectivity index (χ0v) is 15.3. The van der Waals surface area contributed by atoms with E-state index in [1.54, 1.807) is 29.5 Å². The van der Waals surface area contributed by atoms with E-state index >= 15 is 0 Å². The van der Waals surface area contributed by atoms with Gasteiger partial charge in [-0.3, -0.25) is 9.36 Å². The second-order valence-electron chi connectivity index (χ2n) is 6.19. The number of aryl methyl sites for hydroxylation is 1. The van der Waals surface area contributed by atoms with E-state index in [-0.39, 0.29) is 18.4 Å². The van der Waals surface area contributed by atoms with Crippen molar-refractivity contribution < 1.29 is 9.21 Å². The topological polar surface area (TPSA) is 55.5 Å². The highest BCUT2D eigenvalue weighted by molar-refractivity contribution is 7.10. The smallest absolute Gasteiger partial charge is 0.408 e. The van der Waals surface area contributed by atoms with E-state index in [1.807, 2.05) is 4.90 Å². The van der Waals surface area contributed by atoms with E-state index in [2.05, 4.69) is 18.4 Å². The maximum absolute atomic E-state index is 12.7. The van der Waals surface area contributed by atoms with Crippen LogP contribution in [0.15, 0.2) is 38.9 Å². The van der Waals surface area contributed by atoms with Gasteiger partial charge in [0.15, 0.2) is 5.58 Å². The molecule has 3 heterocycles. The average molecular weight is 377 g/mol. The first kappa shape index (κ1) is 16.4. The number of thiophene rings is 1. The fraction of sp³-hybridized carbons (Fsp3) is 0.333. The summed E-state index contributed by atoms with van der Waals surface area (Å²) in [5.41, 5.74) is 2.35. The molecule has 0 aliphatic carbocycles. The largest absolute Gasteiger partial charge is 0.419 e. The molecule has 7 heteroatoms. The minimum atomic E-state index is -0.461. The summed E-state index contributed by atoms with van der Waals surface area (Å²) in [5.74, 6) is -0.406. The van der Waals surface area contributed by atoms with Gasteiger partial charge in [0.05, 0.1) is 11.6 Å². The van der Waals surface area contributed by atoms with Crippen molar-refractivity contribution >= 4 is 39.9 Å². The lowest BCUT2D eigenvalue weighted by Crippen LogP contribution is -2.38. The van der Waals surface area contributed by atoms with Crippen molar-refractivity contribution in [3.63, 3.8) is 0 Å². The number of carbonyl (C=O) groups is 1. The number of oxazole rings is 1. The molecule has 25 heavy (non-hydrogen) atoms. The molecule has 0 fully saturated rings. The number of nitrogens with zero attached hydrogens (tertiary/aromatic N) is 2. The van der Waals surface area contributed by atoms with Gasteiger partial charge >= 0.3 is 5.76 Å². The van der Waals surface area contributed by atoms with Crippen LogP contribution in [-0.4, -0.2) is 21.9 Å². The summed E-state index contributed by atoms with van der Waals surface area (Å²) in [5, 5.41) is 2.59. The SMILES string of the molecule is C[C@H]1c2ccsc2CCN1C(=O)CCn1c(=O)oc2cc(Cl)ccc21. The number of halogens is 1. The summed E-state index contributed by atoms with van der Waals surface area (Å²) in [7, 11) is 0. The molecule has 0 radical (unpaired) electrons. The predicted molar refractivity (Wildman–Crippen MR) is 98.3 cm³/mol. The van der Waals surface area contributed by atoms with Crippen LogP contribution < -0.4 is 5.76 Å². The van der Waals surface area contributed by atoms with Crippen LogP contribution in [-0.2, 0) is 17.8 Å². The summed E-state index contributed by atoms with van der Waals surface area (Å²) in [6, 6.07) is 7.25. The standard InChI is InChI=1S/C18H17ClN2O3S/c1-11-13-6-9-25-16(13)4-7-20(11)17(22)5-8-21-14-3-2-12(19)10-15(14)24-18(21)23/h2-3,6,9-11H,4-5,7-8H2,1H3/t11-/m0/s1. The zero-order chi connectivity index (χ0) is 17.6. The Labute approximate surface area is 153 Å². The minimum Gasteiger partial charge on any atom is -0.408 e. The van der Waals surface area contributed by atoms with Crippen molar-refractivity contribution in [3.05, 3.63) is 55.7 Å². The summed E-state index contributed by atoms with van der Waals surface area (Å²) < 4.78 is 6.71. The van der Waals surface area contributed by atoms with Crippen LogP contribution >= 0.6 is 22.9 Å². The zero-order valence-electron chi connectivity index (χ0n) is 13.7. The maximum Gasteiger partial charge on any atom is 0.419 e. The number of fused-ring (bicyclic) bond motifs is 2. The number of amides is 1. The van der Waals surface area contributed by atoms with Crippen molar-refractivity contribution in [3.8, 4) is 0 Å². The lowest BCUT2D eigenvalue weighted by molar-refractivity contribution is -0.134. The van der Waals surface area contributed by atoms with Crippen LogP contribution in [0.25, 0.3) is 11.1 Å². The normalized spacial score (nSPS) is 17.0. The lowest BCUT2D eigenvalue weighted by Gasteiger charge is -2.33. The monoisotopic (exact) mass is 376 g/mol. The highest BCUT2D eigenvalue weighted by Crippen LogP contribution is 2.33. The molecule has 0 bridgehead atoms. The fourth-order valence-electron chi connectivity index (χ4n) is 3.45. The van der Waals surface area contributed by atoms with Gasteiger partial charge in [-0.1, -0.05) is 11.6 Å². The van der Waals surface area contributed by atoms with E-state index in [4.69, 9.17) is 16.0 Å². The number of hydrogen-bond donors (Lipinski definition) is 0. The third-order valence-corrected chi connectivity index (χ3v) is 6.01. The summed E-state index contributed by atoms with van der Waals surface area (Å²) in [4.78, 5) is 28.0. The fourth-order valence-corrected chi connectivity index (χ4v) is 4.58. The third-order valence-electron chi connectivity index (χ3n) is 4.78. The molecule has 4 rings (SSSR count). The van der Waals surface area contributed by atoms with Crippen LogP contribution in [0.4, 0.5) is 0 Å². The second-order valence-corrected chi connectivity index (χ2v) is 7.63. The molecule has 1 aliphatic rings. The molecule has 1 atom stereocenters. The Morgan fingerprint density at radius 1 is 1.40 bits per heavy atom. The molecular weight excluding hydrogens is 360 g/mol. The van der Waals surface area contributed by atoms with Crippen molar-refractivity contribution in [2.24, 2.45) is 0 Å². The molecule has 3 aromatic rings. The molecule has 0 unspecified atom stereocenters. The van der Waals surface area contributed by atoms with Crippen LogP contribution in [0.5, 0.6) is 0 Å². The van der Waals surface area contributed by atoms with Crippen molar-refractivity contribution in [2.75, 3.05) is 6.54 Å². The van der Waals surface area contributed by atoms with Crippen molar-refractivity contribution in [2.45, 2.75) is 32.4 Å². The number of benzene rings is 1. The van der Waals surface area contributed by atoms with Gasteiger partial charge in [-0.05, 0) is 42.5 Å². The Kier molecular flexibility index (Phi) is 4.17. The van der Waals surface area contributed by atoms with E-state index in [9.17, 15) is 9.59 Å². The quantitative estimate of drug-likeness (QED) is 0.697. The summed E-state index contributed by atoms with van der Waals surface area (Å²) in [6.07, 6.45) is 1.16. The molecule has 1 amide bonds. The Balaban J connectivity index is 1.51. The summed E-state index contributed by atoms with van der Waals surface area (Å²) in [6.45, 7) is 3.08. The van der Waals surface area contributed by atoms with Crippen LogP contribution in [0.1, 0.15) is 29.8 Å². The number of hydrogen-bond acceptors (Lipinski definition) is 4. The van der Waals surface area contributed by atoms with Gasteiger partial charge in [0.2, 0.25) is 5.91 Å². The van der Waals surface area contributed by atoms with Gasteiger partial charge in [-0.25, -0.2) is 4.79 Å². The number of carbonyl (C=O) groups excluding carboxylic acids is 1. The average Bonchev–Trinajstić information content (AvgIpc) is 3.17. The Bertz CT molecular complexity index is 1000. The van der Waals surface area contributed by atoms with Gasteiger partial charge in [0.1, 0.15) is 0 Å². The highest BCUT2D eigenvalue weighted by Gasteiger charge is 2.28. The van der Waals surface area contributed by atoms with Gasteiger partial charge < -0.3 is 9.32 Å². The first-order valence-electron chi connectivity index (χ1n) is 8.19. The molecular formula is C18H17ClN2O3S. The molecule has 0 saturated carbocycles. The molecule has 0 saturated heterocycles. The first-order valence-corrected chi connectivity index (χ1v) is 9.45. The minimum absolute atomic E-state index is 0.0552. The third kappa shape index (κ3) is 2.89. The maximum atomic E-state index is 12.7. The van der Waals surface area contributed by atoms with Crippen molar-refractivity contribution in [1.82, 2.24) is 9.47 Å². The van der Waals surface area contributed by atoms with Crippen LogP contribution in [0.2, 0.25) is 5.02 Å². The summed E-state index contributed by atoms with van der Waals surface area (Å²) >= 11 is 7.68. The van der Waals surface area contributed by atoms with Gasteiger partial charge in [0.25, 0.3) is 0 Å². The molecule has 0 N–H and O–H groups in total. The second kappa shape index (κ2) is 6.35. The van der Waals surface area contributed by atoms with E-state index in [1.165, 1.54) is 15.0 Å². The molecule has 0 spiro atoms. The van der Waals surface area contributed by atoms with Gasteiger partial charge in [-0.15, -0.1) is 11.3 Å². The van der Waals surface area contributed by atoms with E-state index in [0.717, 1.165) is 13.0 Å². The van der Waals surface area contributed by atoms with Gasteiger partial charge in [0, 0.05) is 35.5 Å². The Hall–Kier alpha value is -2.05.